The molecule has 1 aliphatic rings. The van der Waals surface area contributed by atoms with Crippen molar-refractivity contribution >= 4 is 5.97 Å². The van der Waals surface area contributed by atoms with Gasteiger partial charge in [0.1, 0.15) is 6.10 Å². The summed E-state index contributed by atoms with van der Waals surface area (Å²) in [6.07, 6.45) is 5.72. The van der Waals surface area contributed by atoms with Gasteiger partial charge in [-0.05, 0) is 49.9 Å². The summed E-state index contributed by atoms with van der Waals surface area (Å²) in [4.78, 5) is 11.2. The molecule has 0 bridgehead atoms. The lowest BCUT2D eigenvalue weighted by molar-refractivity contribution is -0.155. The Morgan fingerprint density at radius 3 is 2.24 bits per heavy atom. The van der Waals surface area contributed by atoms with Gasteiger partial charge < -0.3 is 14.2 Å². The molecule has 0 aromatic carbocycles. The Morgan fingerprint density at radius 1 is 1.05 bits per heavy atom. The summed E-state index contributed by atoms with van der Waals surface area (Å²) in [6, 6.07) is 0. The van der Waals surface area contributed by atoms with E-state index in [2.05, 4.69) is 13.8 Å². The lowest BCUT2D eigenvalue weighted by atomic mass is 9.73. The number of hydrogen-bond acceptors (Lipinski definition) is 4. The number of esters is 1. The second kappa shape index (κ2) is 10.2. The zero-order chi connectivity index (χ0) is 15.7. The van der Waals surface area contributed by atoms with Crippen LogP contribution in [0.4, 0.5) is 0 Å². The monoisotopic (exact) mass is 300 g/mol. The van der Waals surface area contributed by atoms with Crippen LogP contribution in [0.15, 0.2) is 0 Å². The first-order valence-electron chi connectivity index (χ1n) is 8.28. The van der Waals surface area contributed by atoms with E-state index in [9.17, 15) is 4.79 Å². The maximum absolute atomic E-state index is 11.2. The number of rotatable bonds is 9. The van der Waals surface area contributed by atoms with Crippen LogP contribution in [0, 0.1) is 17.8 Å². The molecule has 0 aromatic rings. The van der Waals surface area contributed by atoms with Crippen molar-refractivity contribution < 1.29 is 19.0 Å². The minimum absolute atomic E-state index is 0.101. The Kier molecular flexibility index (Phi) is 8.93. The normalized spacial score (nSPS) is 29.3. The molecular formula is C17H32O4. The third kappa shape index (κ3) is 7.28. The van der Waals surface area contributed by atoms with Gasteiger partial charge in [-0.25, -0.2) is 0 Å². The van der Waals surface area contributed by atoms with Gasteiger partial charge in [0.25, 0.3) is 0 Å². The highest BCUT2D eigenvalue weighted by Crippen LogP contribution is 2.37. The number of carbonyl (C=O) groups is 1. The zero-order valence-corrected chi connectivity index (χ0v) is 14.1. The summed E-state index contributed by atoms with van der Waals surface area (Å²) >= 11 is 0. The summed E-state index contributed by atoms with van der Waals surface area (Å²) < 4.78 is 16.1. The molecule has 4 heteroatoms. The highest BCUT2D eigenvalue weighted by atomic mass is 16.5. The molecule has 0 heterocycles. The van der Waals surface area contributed by atoms with E-state index >= 15 is 0 Å². The van der Waals surface area contributed by atoms with Gasteiger partial charge in [-0.15, -0.1) is 0 Å². The Balaban J connectivity index is 2.16. The maximum Gasteiger partial charge on any atom is 0.302 e. The summed E-state index contributed by atoms with van der Waals surface area (Å²) in [6.45, 7) is 8.33. The minimum Gasteiger partial charge on any atom is -0.462 e. The molecule has 0 spiro atoms. The predicted octanol–water partition coefficient (Wildman–Crippen LogP) is 3.43. The second-order valence-electron chi connectivity index (χ2n) is 6.47. The number of methoxy groups -OCH3 is 1. The van der Waals surface area contributed by atoms with Crippen molar-refractivity contribution in [1.82, 2.24) is 0 Å². The van der Waals surface area contributed by atoms with Crippen LogP contribution in [-0.2, 0) is 19.0 Å². The number of hydrogen-bond donors (Lipinski definition) is 0. The van der Waals surface area contributed by atoms with Gasteiger partial charge in [-0.1, -0.05) is 13.8 Å². The van der Waals surface area contributed by atoms with E-state index in [1.165, 1.54) is 13.3 Å². The standard InChI is InChI=1S/C17H32O4/c1-13-11-16(7-5-9-20-10-6-8-19-4)12-14(2)17(13)21-15(3)18/h13-14,16-17H,5-12H2,1-4H3. The molecule has 1 aliphatic carbocycles. The Hall–Kier alpha value is -0.610. The zero-order valence-electron chi connectivity index (χ0n) is 14.1. The Morgan fingerprint density at radius 2 is 1.67 bits per heavy atom. The van der Waals surface area contributed by atoms with E-state index in [0.717, 1.165) is 51.4 Å². The van der Waals surface area contributed by atoms with Gasteiger partial charge in [0, 0.05) is 33.9 Å². The third-order valence-corrected chi connectivity index (χ3v) is 4.37. The van der Waals surface area contributed by atoms with Crippen LogP contribution in [0.2, 0.25) is 0 Å². The van der Waals surface area contributed by atoms with Crippen LogP contribution in [0.25, 0.3) is 0 Å². The molecule has 4 nitrogen and oxygen atoms in total. The Labute approximate surface area is 129 Å². The molecule has 0 amide bonds. The van der Waals surface area contributed by atoms with E-state index in [4.69, 9.17) is 14.2 Å². The SMILES string of the molecule is COCCCOCCCC1CC(C)C(OC(C)=O)C(C)C1. The van der Waals surface area contributed by atoms with Crippen LogP contribution in [0.1, 0.15) is 52.9 Å². The Bertz CT molecular complexity index is 281. The lowest BCUT2D eigenvalue weighted by Crippen LogP contribution is -2.37. The van der Waals surface area contributed by atoms with E-state index in [0.29, 0.717) is 11.8 Å². The molecule has 0 saturated heterocycles. The van der Waals surface area contributed by atoms with E-state index < -0.39 is 0 Å². The van der Waals surface area contributed by atoms with Gasteiger partial charge in [0.15, 0.2) is 0 Å². The van der Waals surface area contributed by atoms with Crippen molar-refractivity contribution in [1.29, 1.82) is 0 Å². The molecule has 2 unspecified atom stereocenters. The van der Waals surface area contributed by atoms with Crippen LogP contribution >= 0.6 is 0 Å². The molecule has 2 atom stereocenters. The van der Waals surface area contributed by atoms with Crippen LogP contribution < -0.4 is 0 Å². The molecule has 1 fully saturated rings. The van der Waals surface area contributed by atoms with Crippen molar-refractivity contribution in [2.45, 2.75) is 59.0 Å². The first kappa shape index (κ1) is 18.4. The number of carbonyl (C=O) groups excluding carboxylic acids is 1. The summed E-state index contributed by atoms with van der Waals surface area (Å²) in [7, 11) is 1.72. The van der Waals surface area contributed by atoms with Crippen molar-refractivity contribution in [3.05, 3.63) is 0 Å². The van der Waals surface area contributed by atoms with Crippen LogP contribution in [0.3, 0.4) is 0 Å². The summed E-state index contributed by atoms with van der Waals surface area (Å²) in [5.74, 6) is 1.52. The van der Waals surface area contributed by atoms with Gasteiger partial charge in [-0.3, -0.25) is 4.79 Å². The van der Waals surface area contributed by atoms with Crippen molar-refractivity contribution in [2.24, 2.45) is 17.8 Å². The highest BCUT2D eigenvalue weighted by Gasteiger charge is 2.34. The molecule has 0 N–H and O–H groups in total. The van der Waals surface area contributed by atoms with Crippen molar-refractivity contribution in [3.8, 4) is 0 Å². The van der Waals surface area contributed by atoms with Crippen molar-refractivity contribution in [3.63, 3.8) is 0 Å². The maximum atomic E-state index is 11.2. The molecule has 0 aromatic heterocycles. The molecule has 21 heavy (non-hydrogen) atoms. The lowest BCUT2D eigenvalue weighted by Gasteiger charge is -2.38. The van der Waals surface area contributed by atoms with E-state index in [-0.39, 0.29) is 12.1 Å². The first-order chi connectivity index (χ1) is 10.0. The van der Waals surface area contributed by atoms with Crippen LogP contribution in [0.5, 0.6) is 0 Å². The topological polar surface area (TPSA) is 44.8 Å². The first-order valence-corrected chi connectivity index (χ1v) is 8.28. The van der Waals surface area contributed by atoms with Gasteiger partial charge in [0.05, 0.1) is 0 Å². The fourth-order valence-corrected chi connectivity index (χ4v) is 3.52. The fraction of sp³-hybridized carbons (Fsp3) is 0.941. The molecule has 1 saturated carbocycles. The summed E-state index contributed by atoms with van der Waals surface area (Å²) in [5, 5.41) is 0. The van der Waals surface area contributed by atoms with Gasteiger partial charge >= 0.3 is 5.97 Å². The second-order valence-corrected chi connectivity index (χ2v) is 6.47. The third-order valence-electron chi connectivity index (χ3n) is 4.37. The average molecular weight is 300 g/mol. The smallest absolute Gasteiger partial charge is 0.302 e. The fourth-order valence-electron chi connectivity index (χ4n) is 3.52. The largest absolute Gasteiger partial charge is 0.462 e. The molecule has 0 radical (unpaired) electrons. The molecular weight excluding hydrogens is 268 g/mol. The molecule has 1 rings (SSSR count). The minimum atomic E-state index is -0.151. The highest BCUT2D eigenvalue weighted by molar-refractivity contribution is 5.66. The van der Waals surface area contributed by atoms with E-state index in [1.807, 2.05) is 0 Å². The summed E-state index contributed by atoms with van der Waals surface area (Å²) in [5.41, 5.74) is 0. The molecule has 0 aliphatic heterocycles. The molecule has 124 valence electrons. The van der Waals surface area contributed by atoms with Gasteiger partial charge in [0.2, 0.25) is 0 Å². The van der Waals surface area contributed by atoms with Gasteiger partial charge in [-0.2, -0.15) is 0 Å². The predicted molar refractivity (Wildman–Crippen MR) is 83.2 cm³/mol. The quantitative estimate of drug-likeness (QED) is 0.483. The number of ether oxygens (including phenoxy) is 3. The van der Waals surface area contributed by atoms with E-state index in [1.54, 1.807) is 7.11 Å². The van der Waals surface area contributed by atoms with Crippen molar-refractivity contribution in [2.75, 3.05) is 26.9 Å². The van der Waals surface area contributed by atoms with Crippen LogP contribution in [-0.4, -0.2) is 39.0 Å². The average Bonchev–Trinajstić information content (AvgIpc) is 2.42.